The predicted octanol–water partition coefficient (Wildman–Crippen LogP) is 3.91. The Kier molecular flexibility index (Phi) is 10.00. The van der Waals surface area contributed by atoms with E-state index in [1.807, 2.05) is 31.2 Å². The first-order valence-electron chi connectivity index (χ1n) is 16.2. The number of aryl methyl sites for hydroxylation is 2. The highest BCUT2D eigenvalue weighted by Crippen LogP contribution is 2.43. The topological polar surface area (TPSA) is 146 Å². The zero-order valence-electron chi connectivity index (χ0n) is 27.9. The molecular weight excluding hydrogens is 648 g/mol. The van der Waals surface area contributed by atoms with Gasteiger partial charge in [0.1, 0.15) is 12.2 Å². The van der Waals surface area contributed by atoms with Crippen molar-refractivity contribution < 1.29 is 19.1 Å². The number of aromatic nitrogens is 3. The fourth-order valence-electron chi connectivity index (χ4n) is 6.55. The number of benzene rings is 2. The van der Waals surface area contributed by atoms with E-state index in [0.717, 1.165) is 57.2 Å². The number of pyridine rings is 1. The van der Waals surface area contributed by atoms with Gasteiger partial charge in [0.05, 0.1) is 17.3 Å². The zero-order valence-corrected chi connectivity index (χ0v) is 28.6. The predicted molar refractivity (Wildman–Crippen MR) is 187 cm³/mol. The number of amides is 2. The number of methoxy groups -OCH3 is 1. The van der Waals surface area contributed by atoms with E-state index in [4.69, 9.17) is 26.1 Å². The lowest BCUT2D eigenvalue weighted by atomic mass is 9.96. The molecule has 2 aromatic carbocycles. The molecule has 256 valence electrons. The van der Waals surface area contributed by atoms with Gasteiger partial charge in [-0.05, 0) is 55.0 Å². The summed E-state index contributed by atoms with van der Waals surface area (Å²) in [5.41, 5.74) is 4.97. The molecule has 0 bridgehead atoms. The summed E-state index contributed by atoms with van der Waals surface area (Å²) in [7, 11) is 4.44. The molecule has 1 aliphatic carbocycles. The molecule has 2 aromatic heterocycles. The second-order valence-electron chi connectivity index (χ2n) is 12.4. The molecule has 3 heterocycles. The Morgan fingerprint density at radius 3 is 2.55 bits per heavy atom. The minimum atomic E-state index is -0.679. The van der Waals surface area contributed by atoms with Crippen LogP contribution in [0.3, 0.4) is 0 Å². The highest BCUT2D eigenvalue weighted by atomic mass is 35.5. The standard InChI is InChI=1S/C36H39ClN6O6/c1-20-23(7-6-10-27(20)40-33(45)26-19-42(2)36(47)43(3)35(26)46)24-8-5-9-25(32(24)37)29-17-21-11-13-28(38-18-22-12-14-30(44)39-22)31(21)34(41-29)49-16-15-48-4/h5-10,17,19,22,28,38H,11-16,18H2,1-4H3,(H,39,44)(H,40,45). The normalized spacial score (nSPS) is 16.8. The van der Waals surface area contributed by atoms with Crippen LogP contribution in [0.15, 0.2) is 58.3 Å². The summed E-state index contributed by atoms with van der Waals surface area (Å²) in [5.74, 6) is -0.00459. The third-order valence-corrected chi connectivity index (χ3v) is 9.63. The lowest BCUT2D eigenvalue weighted by Gasteiger charge is -2.20. The Morgan fingerprint density at radius 2 is 1.80 bits per heavy atom. The molecule has 49 heavy (non-hydrogen) atoms. The molecule has 12 nitrogen and oxygen atoms in total. The maximum atomic E-state index is 13.2. The van der Waals surface area contributed by atoms with E-state index in [9.17, 15) is 19.2 Å². The van der Waals surface area contributed by atoms with E-state index >= 15 is 0 Å². The van der Waals surface area contributed by atoms with Gasteiger partial charge in [0.2, 0.25) is 11.8 Å². The van der Waals surface area contributed by atoms with Crippen molar-refractivity contribution in [2.45, 2.75) is 44.7 Å². The van der Waals surface area contributed by atoms with Crippen molar-refractivity contribution in [1.82, 2.24) is 24.8 Å². The van der Waals surface area contributed by atoms with Gasteiger partial charge in [0.25, 0.3) is 11.5 Å². The molecule has 2 unspecified atom stereocenters. The van der Waals surface area contributed by atoms with Gasteiger partial charge < -0.3 is 30.0 Å². The third kappa shape index (κ3) is 6.89. The van der Waals surface area contributed by atoms with Gasteiger partial charge in [-0.1, -0.05) is 41.9 Å². The Morgan fingerprint density at radius 1 is 1.04 bits per heavy atom. The van der Waals surface area contributed by atoms with E-state index in [-0.39, 0.29) is 23.6 Å². The van der Waals surface area contributed by atoms with Gasteiger partial charge in [0, 0.05) is 74.8 Å². The largest absolute Gasteiger partial charge is 0.475 e. The van der Waals surface area contributed by atoms with Crippen LogP contribution in [-0.2, 0) is 30.0 Å². The smallest absolute Gasteiger partial charge is 0.330 e. The fraction of sp³-hybridized carbons (Fsp3) is 0.361. The van der Waals surface area contributed by atoms with Crippen molar-refractivity contribution >= 4 is 29.1 Å². The Hall–Kier alpha value is -4.78. The highest BCUT2D eigenvalue weighted by molar-refractivity contribution is 6.36. The Balaban J connectivity index is 1.31. The van der Waals surface area contributed by atoms with E-state index in [2.05, 4.69) is 22.0 Å². The first-order valence-corrected chi connectivity index (χ1v) is 16.6. The van der Waals surface area contributed by atoms with Crippen LogP contribution in [0.4, 0.5) is 5.69 Å². The maximum Gasteiger partial charge on any atom is 0.330 e. The number of nitrogens with zero attached hydrogens (tertiary/aromatic N) is 3. The van der Waals surface area contributed by atoms with Crippen LogP contribution < -0.4 is 31.9 Å². The van der Waals surface area contributed by atoms with Gasteiger partial charge in [-0.25, -0.2) is 9.78 Å². The molecule has 1 aliphatic heterocycles. The molecule has 0 radical (unpaired) electrons. The highest BCUT2D eigenvalue weighted by Gasteiger charge is 2.31. The van der Waals surface area contributed by atoms with Gasteiger partial charge in [-0.3, -0.25) is 19.0 Å². The number of rotatable bonds is 11. The van der Waals surface area contributed by atoms with Gasteiger partial charge in [-0.15, -0.1) is 0 Å². The maximum absolute atomic E-state index is 13.2. The molecule has 0 saturated carbocycles. The van der Waals surface area contributed by atoms with Crippen LogP contribution in [0, 0.1) is 6.92 Å². The van der Waals surface area contributed by atoms with E-state index in [1.165, 1.54) is 24.9 Å². The number of hydrogen-bond acceptors (Lipinski definition) is 8. The summed E-state index contributed by atoms with van der Waals surface area (Å²) < 4.78 is 13.5. The number of fused-ring (bicyclic) bond motifs is 1. The quantitative estimate of drug-likeness (QED) is 0.202. The molecule has 3 N–H and O–H groups in total. The molecule has 6 rings (SSSR count). The van der Waals surface area contributed by atoms with Gasteiger partial charge >= 0.3 is 5.69 Å². The summed E-state index contributed by atoms with van der Waals surface area (Å²) in [6.45, 7) is 3.28. The first-order chi connectivity index (χ1) is 23.6. The first kappa shape index (κ1) is 34.1. The molecule has 1 saturated heterocycles. The lowest BCUT2D eigenvalue weighted by molar-refractivity contribution is -0.119. The molecule has 13 heteroatoms. The summed E-state index contributed by atoms with van der Waals surface area (Å²) in [4.78, 5) is 54.7. The van der Waals surface area contributed by atoms with Crippen molar-refractivity contribution in [1.29, 1.82) is 0 Å². The average Bonchev–Trinajstić information content (AvgIpc) is 3.71. The van der Waals surface area contributed by atoms with Crippen LogP contribution in [0.1, 0.15) is 52.4 Å². The van der Waals surface area contributed by atoms with Crippen molar-refractivity contribution in [2.24, 2.45) is 14.1 Å². The van der Waals surface area contributed by atoms with Crippen LogP contribution in [0.5, 0.6) is 5.88 Å². The third-order valence-electron chi connectivity index (χ3n) is 9.22. The number of ether oxygens (including phenoxy) is 2. The molecule has 0 spiro atoms. The molecule has 1 fully saturated rings. The monoisotopic (exact) mass is 686 g/mol. The number of nitrogens with one attached hydrogen (secondary N) is 3. The van der Waals surface area contributed by atoms with E-state index < -0.39 is 17.2 Å². The molecule has 2 atom stereocenters. The number of carbonyl (C=O) groups excluding carboxylic acids is 2. The molecule has 4 aromatic rings. The SMILES string of the molecule is COCCOc1nc(-c2cccc(-c3cccc(NC(=O)c4cn(C)c(=O)n(C)c4=O)c3C)c2Cl)cc2c1C(NCC1CCC(=O)N1)CC2. The number of halogens is 1. The fourth-order valence-corrected chi connectivity index (χ4v) is 6.87. The van der Waals surface area contributed by atoms with Crippen LogP contribution >= 0.6 is 11.6 Å². The second-order valence-corrected chi connectivity index (χ2v) is 12.8. The lowest BCUT2D eigenvalue weighted by Crippen LogP contribution is -2.40. The Bertz CT molecular complexity index is 2060. The van der Waals surface area contributed by atoms with Crippen molar-refractivity contribution in [2.75, 3.05) is 32.2 Å². The molecule has 2 aliphatic rings. The van der Waals surface area contributed by atoms with Crippen LogP contribution in [-0.4, -0.2) is 58.8 Å². The number of carbonyl (C=O) groups is 2. The van der Waals surface area contributed by atoms with E-state index in [0.29, 0.717) is 48.5 Å². The van der Waals surface area contributed by atoms with Crippen molar-refractivity contribution in [3.8, 4) is 28.3 Å². The minimum absolute atomic E-state index is 0.0370. The second kappa shape index (κ2) is 14.4. The van der Waals surface area contributed by atoms with Crippen LogP contribution in [0.2, 0.25) is 5.02 Å². The average molecular weight is 687 g/mol. The van der Waals surface area contributed by atoms with Crippen molar-refractivity contribution in [3.63, 3.8) is 0 Å². The van der Waals surface area contributed by atoms with Gasteiger partial charge in [0.15, 0.2) is 0 Å². The van der Waals surface area contributed by atoms with Crippen molar-refractivity contribution in [3.05, 3.63) is 96.8 Å². The Labute approximate surface area is 288 Å². The summed E-state index contributed by atoms with van der Waals surface area (Å²) in [6.07, 6.45) is 4.32. The molecule has 2 amide bonds. The summed E-state index contributed by atoms with van der Waals surface area (Å²) in [5, 5.41) is 9.97. The number of anilines is 1. The van der Waals surface area contributed by atoms with Crippen LogP contribution in [0.25, 0.3) is 22.4 Å². The van der Waals surface area contributed by atoms with Gasteiger partial charge in [-0.2, -0.15) is 0 Å². The zero-order chi connectivity index (χ0) is 34.8. The summed E-state index contributed by atoms with van der Waals surface area (Å²) >= 11 is 7.16. The summed E-state index contributed by atoms with van der Waals surface area (Å²) in [6, 6.07) is 13.4. The van der Waals surface area contributed by atoms with E-state index in [1.54, 1.807) is 19.2 Å². The molecular formula is C36H39ClN6O6. The number of hydrogen-bond donors (Lipinski definition) is 3. The minimum Gasteiger partial charge on any atom is -0.475 e.